The lowest BCUT2D eigenvalue weighted by atomic mass is 9.97. The third kappa shape index (κ3) is 20.5. The van der Waals surface area contributed by atoms with Gasteiger partial charge in [-0.2, -0.15) is 0 Å². The molecule has 0 aromatic carbocycles. The van der Waals surface area contributed by atoms with Crippen molar-refractivity contribution >= 4 is 16.6 Å². The largest absolute Gasteiger partial charge is 0.514 e. The van der Waals surface area contributed by atoms with Crippen LogP contribution in [0.2, 0.25) is 0 Å². The second-order valence-corrected chi connectivity index (χ2v) is 6.87. The summed E-state index contributed by atoms with van der Waals surface area (Å²) < 4.78 is 4.67. The van der Waals surface area contributed by atoms with E-state index in [2.05, 4.69) is 20.4 Å². The molecule has 0 rings (SSSR count). The van der Waals surface area contributed by atoms with Crippen LogP contribution in [0.15, 0.2) is 0 Å². The van der Waals surface area contributed by atoms with Gasteiger partial charge in [0.15, 0.2) is 0 Å². The van der Waals surface area contributed by atoms with Gasteiger partial charge in [0.2, 0.25) is 0 Å². The minimum atomic E-state index is -0.306. The van der Waals surface area contributed by atoms with Gasteiger partial charge in [0.05, 0.1) is 12.2 Å². The molecular formula is C19H43AlO5. The van der Waals surface area contributed by atoms with Crippen LogP contribution in [0.4, 0.5) is 0 Å². The van der Waals surface area contributed by atoms with Crippen molar-refractivity contribution in [2.45, 2.75) is 98.4 Å². The van der Waals surface area contributed by atoms with Gasteiger partial charge >= 0.3 is 16.6 Å². The number of aliphatic hydroxyl groups excluding tert-OH is 4. The van der Waals surface area contributed by atoms with Crippen LogP contribution in [0.25, 0.3) is 0 Å². The Labute approximate surface area is 164 Å². The van der Waals surface area contributed by atoms with Gasteiger partial charge in [0.25, 0.3) is 0 Å². The SMILES string of the molecule is CC(C)[O][Al].CCCC(O)C(CC)CO.CCCC(O)C(CC)CO. The van der Waals surface area contributed by atoms with Crippen molar-refractivity contribution in [3.8, 4) is 0 Å². The molecule has 6 heteroatoms. The van der Waals surface area contributed by atoms with Crippen LogP contribution in [0.5, 0.6) is 0 Å². The molecular weight excluding hydrogens is 335 g/mol. The van der Waals surface area contributed by atoms with E-state index in [1.807, 2.05) is 41.5 Å². The first-order valence-corrected chi connectivity index (χ1v) is 10.2. The fraction of sp³-hybridized carbons (Fsp3) is 1.00. The molecule has 0 aromatic rings. The highest BCUT2D eigenvalue weighted by molar-refractivity contribution is 5.98. The molecule has 0 saturated carbocycles. The van der Waals surface area contributed by atoms with Crippen LogP contribution in [0, 0.1) is 11.8 Å². The number of rotatable bonds is 11. The molecule has 5 nitrogen and oxygen atoms in total. The Morgan fingerprint density at radius 2 is 1.04 bits per heavy atom. The molecule has 4 atom stereocenters. The molecule has 0 aliphatic heterocycles. The standard InChI is InChI=1S/2C8H18O2.C3H7O.Al/c2*1-3-5-8(10)7(4-2)6-9;1-3(2)4;/h2*7-10H,3-6H2,1-2H3;3H,1-2H3;/q;;-1;+1. The second-order valence-electron chi connectivity index (χ2n) is 6.60. The van der Waals surface area contributed by atoms with Crippen LogP contribution in [0.3, 0.4) is 0 Å². The average molecular weight is 379 g/mol. The zero-order valence-corrected chi connectivity index (χ0v) is 18.5. The number of hydrogen-bond donors (Lipinski definition) is 4. The highest BCUT2D eigenvalue weighted by Crippen LogP contribution is 2.12. The van der Waals surface area contributed by atoms with Crippen LogP contribution in [-0.2, 0) is 3.79 Å². The molecule has 0 amide bonds. The maximum absolute atomic E-state index is 9.35. The first-order valence-electron chi connectivity index (χ1n) is 9.72. The van der Waals surface area contributed by atoms with Gasteiger partial charge in [0.1, 0.15) is 0 Å². The molecule has 0 saturated heterocycles. The van der Waals surface area contributed by atoms with Gasteiger partial charge < -0.3 is 24.2 Å². The summed E-state index contributed by atoms with van der Waals surface area (Å²) in [6.07, 6.45) is 5.03. The zero-order chi connectivity index (χ0) is 20.3. The van der Waals surface area contributed by atoms with Crippen molar-refractivity contribution in [2.75, 3.05) is 13.2 Å². The van der Waals surface area contributed by atoms with Gasteiger partial charge in [-0.15, -0.1) is 0 Å². The fourth-order valence-corrected chi connectivity index (χ4v) is 2.11. The Morgan fingerprint density at radius 1 is 0.760 bits per heavy atom. The Balaban J connectivity index is -0.000000308. The Bertz CT molecular complexity index is 214. The predicted octanol–water partition coefficient (Wildman–Crippen LogP) is 2.83. The van der Waals surface area contributed by atoms with Crippen molar-refractivity contribution in [2.24, 2.45) is 11.8 Å². The van der Waals surface area contributed by atoms with E-state index in [-0.39, 0.29) is 37.3 Å². The van der Waals surface area contributed by atoms with Gasteiger partial charge in [0, 0.05) is 31.2 Å². The monoisotopic (exact) mass is 378 g/mol. The molecule has 0 aliphatic rings. The Kier molecular flexibility index (Phi) is 26.9. The third-order valence-corrected chi connectivity index (χ3v) is 4.59. The van der Waals surface area contributed by atoms with Crippen molar-refractivity contribution < 1.29 is 24.2 Å². The van der Waals surface area contributed by atoms with E-state index in [1.165, 1.54) is 0 Å². The molecule has 0 fully saturated rings. The lowest BCUT2D eigenvalue weighted by molar-refractivity contribution is 0.0580. The molecule has 25 heavy (non-hydrogen) atoms. The number of aliphatic hydroxyl groups is 4. The van der Waals surface area contributed by atoms with E-state index >= 15 is 0 Å². The second kappa shape index (κ2) is 22.4. The van der Waals surface area contributed by atoms with E-state index in [1.54, 1.807) is 0 Å². The molecule has 4 N–H and O–H groups in total. The molecule has 0 aromatic heterocycles. The minimum absolute atomic E-state index is 0.0833. The summed E-state index contributed by atoms with van der Waals surface area (Å²) >= 11 is 2.19. The van der Waals surface area contributed by atoms with E-state index < -0.39 is 0 Å². The van der Waals surface area contributed by atoms with Crippen molar-refractivity contribution in [3.63, 3.8) is 0 Å². The summed E-state index contributed by atoms with van der Waals surface area (Å²) in [5.41, 5.74) is 0. The summed E-state index contributed by atoms with van der Waals surface area (Å²) in [6.45, 7) is 12.2. The smallest absolute Gasteiger partial charge is 0.369 e. The van der Waals surface area contributed by atoms with Crippen LogP contribution >= 0.6 is 0 Å². The van der Waals surface area contributed by atoms with Crippen molar-refractivity contribution in [3.05, 3.63) is 0 Å². The summed E-state index contributed by atoms with van der Waals surface area (Å²) in [5.74, 6) is 0.167. The Hall–Kier alpha value is 0.332. The van der Waals surface area contributed by atoms with Crippen LogP contribution in [0.1, 0.15) is 80.1 Å². The van der Waals surface area contributed by atoms with Gasteiger partial charge in [-0.1, -0.05) is 40.5 Å². The van der Waals surface area contributed by atoms with E-state index in [0.717, 1.165) is 38.5 Å². The van der Waals surface area contributed by atoms with Gasteiger partial charge in [-0.3, -0.25) is 0 Å². The molecule has 0 heterocycles. The molecule has 2 radical (unpaired) electrons. The Morgan fingerprint density at radius 3 is 1.16 bits per heavy atom. The summed E-state index contributed by atoms with van der Waals surface area (Å²) in [7, 11) is 0. The van der Waals surface area contributed by atoms with Gasteiger partial charge in [-0.05, 0) is 39.5 Å². The third-order valence-electron chi connectivity index (χ3n) is 4.05. The first kappa shape index (κ1) is 30.1. The lowest BCUT2D eigenvalue weighted by Gasteiger charge is -2.17. The quantitative estimate of drug-likeness (QED) is 0.415. The molecule has 0 bridgehead atoms. The predicted molar refractivity (Wildman–Crippen MR) is 106 cm³/mol. The summed E-state index contributed by atoms with van der Waals surface area (Å²) in [6, 6.07) is 0. The van der Waals surface area contributed by atoms with E-state index in [0.29, 0.717) is 6.10 Å². The molecule has 0 spiro atoms. The van der Waals surface area contributed by atoms with E-state index in [4.69, 9.17) is 10.2 Å². The topological polar surface area (TPSA) is 90.2 Å². The number of hydrogen-bond acceptors (Lipinski definition) is 5. The lowest BCUT2D eigenvalue weighted by Crippen LogP contribution is -2.22. The van der Waals surface area contributed by atoms with Crippen molar-refractivity contribution in [1.82, 2.24) is 0 Å². The van der Waals surface area contributed by atoms with Crippen LogP contribution in [-0.4, -0.2) is 68.6 Å². The molecule has 4 unspecified atom stereocenters. The normalized spacial score (nSPS) is 15.3. The first-order chi connectivity index (χ1) is 11.8. The maximum atomic E-state index is 9.35. The minimum Gasteiger partial charge on any atom is -0.514 e. The molecule has 0 aliphatic carbocycles. The average Bonchev–Trinajstić information content (AvgIpc) is 2.58. The fourth-order valence-electron chi connectivity index (χ4n) is 2.11. The highest BCUT2D eigenvalue weighted by atomic mass is 27.1. The summed E-state index contributed by atoms with van der Waals surface area (Å²) in [5, 5.41) is 36.2. The zero-order valence-electron chi connectivity index (χ0n) is 17.3. The van der Waals surface area contributed by atoms with E-state index in [9.17, 15) is 10.2 Å². The molecule has 152 valence electrons. The van der Waals surface area contributed by atoms with Crippen molar-refractivity contribution in [1.29, 1.82) is 0 Å². The maximum Gasteiger partial charge on any atom is 0.369 e. The highest BCUT2D eigenvalue weighted by Gasteiger charge is 2.15. The van der Waals surface area contributed by atoms with Crippen LogP contribution < -0.4 is 0 Å². The summed E-state index contributed by atoms with van der Waals surface area (Å²) in [4.78, 5) is 0. The van der Waals surface area contributed by atoms with Gasteiger partial charge in [-0.25, -0.2) is 0 Å².